The molecule has 1 aromatic carbocycles. The maximum Gasteiger partial charge on any atom is 0.107 e. The monoisotopic (exact) mass is 319 g/mol. The third-order valence-electron chi connectivity index (χ3n) is 3.13. The molecule has 2 aromatic heterocycles. The highest BCUT2D eigenvalue weighted by atomic mass is 79.9. The van der Waals surface area contributed by atoms with Gasteiger partial charge < -0.3 is 9.88 Å². The van der Waals surface area contributed by atoms with Crippen molar-refractivity contribution in [1.29, 1.82) is 0 Å². The van der Waals surface area contributed by atoms with Crippen LogP contribution in [0.4, 0.5) is 0 Å². The highest BCUT2D eigenvalue weighted by Gasteiger charge is 2.13. The number of benzene rings is 1. The summed E-state index contributed by atoms with van der Waals surface area (Å²) in [6.45, 7) is 0.749. The van der Waals surface area contributed by atoms with Gasteiger partial charge in [-0.1, -0.05) is 6.07 Å². The van der Waals surface area contributed by atoms with Gasteiger partial charge in [-0.25, -0.2) is 4.98 Å². The van der Waals surface area contributed by atoms with Crippen LogP contribution in [0, 0.1) is 0 Å². The van der Waals surface area contributed by atoms with Crippen LogP contribution in [0.15, 0.2) is 29.0 Å². The zero-order valence-electron chi connectivity index (χ0n) is 10.7. The van der Waals surface area contributed by atoms with E-state index in [1.54, 1.807) is 0 Å². The van der Waals surface area contributed by atoms with Crippen molar-refractivity contribution in [2.24, 2.45) is 7.05 Å². The Labute approximate surface area is 119 Å². The van der Waals surface area contributed by atoms with Gasteiger partial charge in [-0.3, -0.25) is 5.10 Å². The Morgan fingerprint density at radius 3 is 3.05 bits per heavy atom. The van der Waals surface area contributed by atoms with Crippen LogP contribution in [0.3, 0.4) is 0 Å². The second-order valence-corrected chi connectivity index (χ2v) is 5.25. The lowest BCUT2D eigenvalue weighted by Gasteiger charge is -2.00. The Balaban J connectivity index is 2.08. The summed E-state index contributed by atoms with van der Waals surface area (Å²) in [4.78, 5) is 4.37. The molecule has 3 rings (SSSR count). The van der Waals surface area contributed by atoms with Gasteiger partial charge in [-0.05, 0) is 35.1 Å². The summed E-state index contributed by atoms with van der Waals surface area (Å²) < 4.78 is 3.00. The van der Waals surface area contributed by atoms with Crippen molar-refractivity contribution in [3.63, 3.8) is 0 Å². The number of rotatable bonds is 3. The number of imidazole rings is 1. The lowest BCUT2D eigenvalue weighted by Crippen LogP contribution is -2.05. The van der Waals surface area contributed by atoms with E-state index in [0.717, 1.165) is 39.0 Å². The molecule has 0 aliphatic rings. The first-order valence-corrected chi connectivity index (χ1v) is 6.79. The molecule has 3 aromatic rings. The molecule has 0 radical (unpaired) electrons. The van der Waals surface area contributed by atoms with Crippen LogP contribution in [-0.4, -0.2) is 26.8 Å². The number of H-pyrrole nitrogens is 1. The van der Waals surface area contributed by atoms with Crippen molar-refractivity contribution in [2.75, 3.05) is 7.05 Å². The number of aromatic nitrogens is 4. The fraction of sp³-hybridized carbons (Fsp3) is 0.231. The van der Waals surface area contributed by atoms with Crippen molar-refractivity contribution in [2.45, 2.75) is 6.54 Å². The maximum atomic E-state index is 4.37. The number of hydrogen-bond acceptors (Lipinski definition) is 3. The van der Waals surface area contributed by atoms with Gasteiger partial charge in [0.05, 0.1) is 27.5 Å². The number of aryl methyl sites for hydroxylation is 1. The fourth-order valence-corrected chi connectivity index (χ4v) is 2.68. The molecule has 19 heavy (non-hydrogen) atoms. The van der Waals surface area contributed by atoms with Gasteiger partial charge in [0.2, 0.25) is 0 Å². The second kappa shape index (κ2) is 4.79. The van der Waals surface area contributed by atoms with Gasteiger partial charge in [-0.2, -0.15) is 5.10 Å². The van der Waals surface area contributed by atoms with Crippen molar-refractivity contribution in [3.05, 3.63) is 34.7 Å². The van der Waals surface area contributed by atoms with Crippen molar-refractivity contribution in [1.82, 2.24) is 25.1 Å². The predicted molar refractivity (Wildman–Crippen MR) is 78.8 cm³/mol. The molecule has 5 nitrogen and oxygen atoms in total. The fourth-order valence-electron chi connectivity index (χ4n) is 2.13. The zero-order chi connectivity index (χ0) is 13.4. The van der Waals surface area contributed by atoms with Gasteiger partial charge in [0, 0.05) is 19.2 Å². The summed E-state index contributed by atoms with van der Waals surface area (Å²) in [7, 11) is 3.90. The van der Waals surface area contributed by atoms with Crippen LogP contribution in [0.5, 0.6) is 0 Å². The molecule has 0 spiro atoms. The molecule has 0 unspecified atom stereocenters. The molecule has 2 heterocycles. The Bertz CT molecular complexity index is 728. The molecule has 0 aliphatic carbocycles. The lowest BCUT2D eigenvalue weighted by atomic mass is 10.1. The number of halogens is 1. The molecule has 0 atom stereocenters. The molecule has 2 N–H and O–H groups in total. The summed E-state index contributed by atoms with van der Waals surface area (Å²) >= 11 is 3.60. The predicted octanol–water partition coefficient (Wildman–Crippen LogP) is 2.45. The Hall–Kier alpha value is -1.66. The molecular weight excluding hydrogens is 306 g/mol. The smallest absolute Gasteiger partial charge is 0.107 e. The first-order chi connectivity index (χ1) is 9.20. The van der Waals surface area contributed by atoms with Crippen LogP contribution in [-0.2, 0) is 13.6 Å². The van der Waals surface area contributed by atoms with E-state index >= 15 is 0 Å². The molecule has 0 amide bonds. The first-order valence-electron chi connectivity index (χ1n) is 5.99. The highest BCUT2D eigenvalue weighted by molar-refractivity contribution is 9.10. The normalized spacial score (nSPS) is 11.3. The summed E-state index contributed by atoms with van der Waals surface area (Å²) in [6.07, 6.45) is 1.82. The topological polar surface area (TPSA) is 58.5 Å². The first kappa shape index (κ1) is 12.4. The largest absolute Gasteiger partial charge is 0.334 e. The number of hydrogen-bond donors (Lipinski definition) is 2. The highest BCUT2D eigenvalue weighted by Crippen LogP contribution is 2.30. The second-order valence-electron chi connectivity index (χ2n) is 4.45. The van der Waals surface area contributed by atoms with Crippen LogP contribution in [0.25, 0.3) is 22.3 Å². The zero-order valence-corrected chi connectivity index (χ0v) is 12.3. The van der Waals surface area contributed by atoms with E-state index < -0.39 is 0 Å². The van der Waals surface area contributed by atoms with E-state index in [1.807, 2.05) is 25.0 Å². The van der Waals surface area contributed by atoms with Gasteiger partial charge in [0.1, 0.15) is 5.69 Å². The van der Waals surface area contributed by atoms with Crippen molar-refractivity contribution in [3.8, 4) is 11.3 Å². The standard InChI is InChI=1S/C13H14BrN5/c1-15-6-10-12(14)13(18-17-10)8-3-4-11-9(5-8)16-7-19(11)2/h3-5,7,15H,6H2,1-2H3,(H,17,18). The van der Waals surface area contributed by atoms with Crippen LogP contribution in [0.1, 0.15) is 5.69 Å². The van der Waals surface area contributed by atoms with Gasteiger partial charge >= 0.3 is 0 Å². The minimum atomic E-state index is 0.749. The minimum Gasteiger partial charge on any atom is -0.334 e. The van der Waals surface area contributed by atoms with E-state index in [4.69, 9.17) is 0 Å². The van der Waals surface area contributed by atoms with E-state index in [0.29, 0.717) is 0 Å². The Morgan fingerprint density at radius 1 is 1.42 bits per heavy atom. The summed E-state index contributed by atoms with van der Waals surface area (Å²) in [5, 5.41) is 10.5. The number of nitrogens with one attached hydrogen (secondary N) is 2. The number of aromatic amines is 1. The molecule has 6 heteroatoms. The Morgan fingerprint density at radius 2 is 2.26 bits per heavy atom. The minimum absolute atomic E-state index is 0.749. The van der Waals surface area contributed by atoms with Crippen molar-refractivity contribution >= 4 is 27.0 Å². The SMILES string of the molecule is CNCc1[nH]nc(-c2ccc3c(c2)ncn3C)c1Br. The van der Waals surface area contributed by atoms with Crippen molar-refractivity contribution < 1.29 is 0 Å². The summed E-state index contributed by atoms with van der Waals surface area (Å²) in [5.41, 5.74) is 5.10. The van der Waals surface area contributed by atoms with Crippen LogP contribution >= 0.6 is 15.9 Å². The quantitative estimate of drug-likeness (QED) is 0.779. The van der Waals surface area contributed by atoms with E-state index in [1.165, 1.54) is 0 Å². The molecular formula is C13H14BrN5. The molecule has 0 fully saturated rings. The van der Waals surface area contributed by atoms with E-state index in [2.05, 4.69) is 54.6 Å². The van der Waals surface area contributed by atoms with Crippen LogP contribution < -0.4 is 5.32 Å². The molecule has 0 aliphatic heterocycles. The summed E-state index contributed by atoms with van der Waals surface area (Å²) in [5.74, 6) is 0. The van der Waals surface area contributed by atoms with Gasteiger partial charge in [-0.15, -0.1) is 0 Å². The van der Waals surface area contributed by atoms with Gasteiger partial charge in [0.25, 0.3) is 0 Å². The molecule has 98 valence electrons. The average Bonchev–Trinajstić information content (AvgIpc) is 2.95. The molecule has 0 saturated carbocycles. The summed E-state index contributed by atoms with van der Waals surface area (Å²) in [6, 6.07) is 6.18. The molecule has 0 bridgehead atoms. The molecule has 0 saturated heterocycles. The van der Waals surface area contributed by atoms with Gasteiger partial charge in [0.15, 0.2) is 0 Å². The van der Waals surface area contributed by atoms with E-state index in [9.17, 15) is 0 Å². The lowest BCUT2D eigenvalue weighted by molar-refractivity contribution is 0.781. The number of fused-ring (bicyclic) bond motifs is 1. The van der Waals surface area contributed by atoms with Crippen LogP contribution in [0.2, 0.25) is 0 Å². The third-order valence-corrected chi connectivity index (χ3v) is 3.98. The number of nitrogens with zero attached hydrogens (tertiary/aromatic N) is 3. The maximum absolute atomic E-state index is 4.37. The Kier molecular flexibility index (Phi) is 3.12. The average molecular weight is 320 g/mol. The van der Waals surface area contributed by atoms with E-state index in [-0.39, 0.29) is 0 Å². The third kappa shape index (κ3) is 2.06.